The lowest BCUT2D eigenvalue weighted by Crippen LogP contribution is -2.39. The lowest BCUT2D eigenvalue weighted by atomic mass is 9.84. The number of benzene rings is 1. The van der Waals surface area contributed by atoms with Crippen LogP contribution in [0.4, 0.5) is 20.4 Å². The van der Waals surface area contributed by atoms with E-state index in [9.17, 15) is 18.7 Å². The lowest BCUT2D eigenvalue weighted by molar-refractivity contribution is -0.0189. The molecule has 0 radical (unpaired) electrons. The number of alkyl halides is 2. The SMILES string of the molecule is C[C@@H]1c2nc(Nc3cc4c(C(C)(O)C5CC5)ccc(OCC(F)F)c4cn3)ccc2C(=O)OC1(C)C. The summed E-state index contributed by atoms with van der Waals surface area (Å²) in [4.78, 5) is 21.5. The minimum Gasteiger partial charge on any atom is -0.487 e. The summed E-state index contributed by atoms with van der Waals surface area (Å²) in [5.74, 6) is 0.842. The van der Waals surface area contributed by atoms with Gasteiger partial charge in [0.1, 0.15) is 29.6 Å². The number of halogens is 2. The molecular formula is C27H29F2N3O4. The summed E-state index contributed by atoms with van der Waals surface area (Å²) >= 11 is 0. The van der Waals surface area contributed by atoms with E-state index in [1.165, 1.54) is 0 Å². The highest BCUT2D eigenvalue weighted by molar-refractivity contribution is 5.94. The highest BCUT2D eigenvalue weighted by Crippen LogP contribution is 2.48. The van der Waals surface area contributed by atoms with Crippen molar-refractivity contribution in [3.63, 3.8) is 0 Å². The van der Waals surface area contributed by atoms with Gasteiger partial charge in [-0.1, -0.05) is 13.0 Å². The van der Waals surface area contributed by atoms with Gasteiger partial charge in [-0.25, -0.2) is 23.5 Å². The molecule has 1 aliphatic heterocycles. The molecule has 190 valence electrons. The summed E-state index contributed by atoms with van der Waals surface area (Å²) in [5, 5.41) is 15.7. The molecule has 2 aliphatic rings. The lowest BCUT2D eigenvalue weighted by Gasteiger charge is -2.36. The third-order valence-corrected chi connectivity index (χ3v) is 7.35. The first-order valence-corrected chi connectivity index (χ1v) is 12.0. The van der Waals surface area contributed by atoms with Crippen LogP contribution in [0.15, 0.2) is 36.5 Å². The van der Waals surface area contributed by atoms with Crippen molar-refractivity contribution in [2.75, 3.05) is 11.9 Å². The fraction of sp³-hybridized carbons (Fsp3) is 0.444. The second-order valence-electron chi connectivity index (χ2n) is 10.3. The zero-order valence-corrected chi connectivity index (χ0v) is 20.6. The maximum atomic E-state index is 12.8. The van der Waals surface area contributed by atoms with Gasteiger partial charge >= 0.3 is 5.97 Å². The molecule has 7 nitrogen and oxygen atoms in total. The molecular weight excluding hydrogens is 468 g/mol. The summed E-state index contributed by atoms with van der Waals surface area (Å²) in [7, 11) is 0. The highest BCUT2D eigenvalue weighted by atomic mass is 19.3. The molecule has 2 atom stereocenters. The van der Waals surface area contributed by atoms with Crippen LogP contribution in [0.25, 0.3) is 10.8 Å². The number of esters is 1. The summed E-state index contributed by atoms with van der Waals surface area (Å²) in [6, 6.07) is 8.47. The predicted octanol–water partition coefficient (Wildman–Crippen LogP) is 5.69. The minimum absolute atomic E-state index is 0.119. The third kappa shape index (κ3) is 4.36. The van der Waals surface area contributed by atoms with Crippen LogP contribution in [0, 0.1) is 5.92 Å². The first kappa shape index (κ1) is 24.4. The largest absolute Gasteiger partial charge is 0.487 e. The van der Waals surface area contributed by atoms with Gasteiger partial charge in [0.2, 0.25) is 0 Å². The zero-order chi connectivity index (χ0) is 25.8. The Morgan fingerprint density at radius 3 is 2.67 bits per heavy atom. The van der Waals surface area contributed by atoms with E-state index in [0.29, 0.717) is 39.2 Å². The van der Waals surface area contributed by atoms with E-state index in [-0.39, 0.29) is 17.6 Å². The van der Waals surface area contributed by atoms with E-state index >= 15 is 0 Å². The Morgan fingerprint density at radius 2 is 1.97 bits per heavy atom. The van der Waals surface area contributed by atoms with Crippen LogP contribution >= 0.6 is 0 Å². The van der Waals surface area contributed by atoms with Crippen LogP contribution in [0.5, 0.6) is 5.75 Å². The Labute approximate surface area is 207 Å². The fourth-order valence-electron chi connectivity index (χ4n) is 4.76. The van der Waals surface area contributed by atoms with Crippen LogP contribution in [0.3, 0.4) is 0 Å². The number of nitrogens with one attached hydrogen (secondary N) is 1. The van der Waals surface area contributed by atoms with Crippen molar-refractivity contribution in [3.8, 4) is 5.75 Å². The average Bonchev–Trinajstić information content (AvgIpc) is 3.67. The number of pyridine rings is 2. The smallest absolute Gasteiger partial charge is 0.340 e. The molecule has 0 amide bonds. The van der Waals surface area contributed by atoms with Crippen molar-refractivity contribution >= 4 is 28.4 Å². The van der Waals surface area contributed by atoms with Crippen molar-refractivity contribution < 1.29 is 28.2 Å². The molecule has 36 heavy (non-hydrogen) atoms. The molecule has 5 rings (SSSR count). The molecule has 1 fully saturated rings. The number of carbonyl (C=O) groups is 1. The molecule has 2 N–H and O–H groups in total. The topological polar surface area (TPSA) is 93.6 Å². The van der Waals surface area contributed by atoms with Gasteiger partial charge < -0.3 is 19.9 Å². The number of carbonyl (C=O) groups excluding carboxylic acids is 1. The number of anilines is 2. The third-order valence-electron chi connectivity index (χ3n) is 7.35. The Hall–Kier alpha value is -3.33. The van der Waals surface area contributed by atoms with E-state index < -0.39 is 30.2 Å². The molecule has 2 aromatic heterocycles. The van der Waals surface area contributed by atoms with E-state index in [4.69, 9.17) is 9.47 Å². The molecule has 0 spiro atoms. The predicted molar refractivity (Wildman–Crippen MR) is 131 cm³/mol. The molecule has 0 bridgehead atoms. The van der Waals surface area contributed by atoms with Gasteiger partial charge in [-0.15, -0.1) is 0 Å². The molecule has 3 heterocycles. The van der Waals surface area contributed by atoms with Crippen LogP contribution in [0.2, 0.25) is 0 Å². The van der Waals surface area contributed by atoms with E-state index in [0.717, 1.165) is 12.8 Å². The minimum atomic E-state index is -2.61. The number of aromatic nitrogens is 2. The van der Waals surface area contributed by atoms with Gasteiger partial charge in [0.05, 0.1) is 16.9 Å². The number of ether oxygens (including phenoxy) is 2. The maximum absolute atomic E-state index is 12.8. The van der Waals surface area contributed by atoms with Crippen molar-refractivity contribution in [2.24, 2.45) is 5.92 Å². The number of hydrogen-bond acceptors (Lipinski definition) is 7. The van der Waals surface area contributed by atoms with Gasteiger partial charge in [-0.05, 0) is 74.7 Å². The molecule has 0 saturated heterocycles. The normalized spacial score (nSPS) is 20.6. The number of rotatable bonds is 7. The molecule has 1 aromatic carbocycles. The van der Waals surface area contributed by atoms with E-state index in [1.807, 2.05) is 20.8 Å². The molecule has 3 aromatic rings. The van der Waals surface area contributed by atoms with E-state index in [1.54, 1.807) is 43.5 Å². The van der Waals surface area contributed by atoms with Crippen LogP contribution < -0.4 is 10.1 Å². The molecule has 1 aliphatic carbocycles. The summed E-state index contributed by atoms with van der Waals surface area (Å²) in [6.45, 7) is 6.71. The summed E-state index contributed by atoms with van der Waals surface area (Å²) in [6.07, 6.45) is 0.782. The maximum Gasteiger partial charge on any atom is 0.340 e. The monoisotopic (exact) mass is 497 g/mol. The van der Waals surface area contributed by atoms with Gasteiger partial charge in [0, 0.05) is 17.5 Å². The van der Waals surface area contributed by atoms with E-state index in [2.05, 4.69) is 15.3 Å². The second-order valence-corrected chi connectivity index (χ2v) is 10.3. The number of aliphatic hydroxyl groups is 1. The standard InChI is InChI=1S/C27H29F2N3O4/c1-14-24-16(25(33)36-26(14,2)3)7-10-22(32-24)31-23-11-17-18(12-30-23)20(35-13-21(28)29)9-8-19(17)27(4,34)15-5-6-15/h7-12,14-15,21,34H,5-6,13H2,1-4H3,(H,30,31,32)/t14-,27?/m1/s1. The Bertz CT molecular complexity index is 1340. The van der Waals surface area contributed by atoms with Crippen molar-refractivity contribution in [3.05, 3.63) is 53.3 Å². The summed E-state index contributed by atoms with van der Waals surface area (Å²) < 4.78 is 36.5. The second kappa shape index (κ2) is 8.65. The molecule has 1 saturated carbocycles. The summed E-state index contributed by atoms with van der Waals surface area (Å²) in [5.41, 5.74) is -0.00541. The Kier molecular flexibility index (Phi) is 5.86. The number of fused-ring (bicyclic) bond motifs is 2. The fourth-order valence-corrected chi connectivity index (χ4v) is 4.76. The zero-order valence-electron chi connectivity index (χ0n) is 20.6. The van der Waals surface area contributed by atoms with Crippen LogP contribution in [-0.4, -0.2) is 39.7 Å². The first-order valence-electron chi connectivity index (χ1n) is 12.0. The Balaban J connectivity index is 1.54. The average molecular weight is 498 g/mol. The number of nitrogens with zero attached hydrogens (tertiary/aromatic N) is 2. The molecule has 1 unspecified atom stereocenters. The quantitative estimate of drug-likeness (QED) is 0.405. The number of cyclic esters (lactones) is 1. The Morgan fingerprint density at radius 1 is 1.22 bits per heavy atom. The van der Waals surface area contributed by atoms with Crippen LogP contribution in [0.1, 0.15) is 68.1 Å². The first-order chi connectivity index (χ1) is 17.0. The van der Waals surface area contributed by atoms with Gasteiger partial charge in [0.15, 0.2) is 0 Å². The van der Waals surface area contributed by atoms with Crippen molar-refractivity contribution in [1.29, 1.82) is 0 Å². The van der Waals surface area contributed by atoms with Crippen molar-refractivity contribution in [2.45, 2.75) is 64.1 Å². The number of hydrogen-bond donors (Lipinski definition) is 2. The van der Waals surface area contributed by atoms with Crippen molar-refractivity contribution in [1.82, 2.24) is 9.97 Å². The highest BCUT2D eigenvalue weighted by Gasteiger charge is 2.42. The van der Waals surface area contributed by atoms with Gasteiger partial charge in [0.25, 0.3) is 6.43 Å². The van der Waals surface area contributed by atoms with Gasteiger partial charge in [-0.3, -0.25) is 0 Å². The van der Waals surface area contributed by atoms with Crippen LogP contribution in [-0.2, 0) is 10.3 Å². The van der Waals surface area contributed by atoms with Gasteiger partial charge in [-0.2, -0.15) is 0 Å². The molecule has 9 heteroatoms.